The lowest BCUT2D eigenvalue weighted by Gasteiger charge is -2.29. The summed E-state index contributed by atoms with van der Waals surface area (Å²) in [5, 5.41) is 13.1. The van der Waals surface area contributed by atoms with Crippen molar-refractivity contribution in [1.29, 1.82) is 0 Å². The summed E-state index contributed by atoms with van der Waals surface area (Å²) in [6, 6.07) is 6.50. The van der Waals surface area contributed by atoms with E-state index >= 15 is 0 Å². The number of benzene rings is 1. The second-order valence-electron chi connectivity index (χ2n) is 10.0. The van der Waals surface area contributed by atoms with Gasteiger partial charge in [0.2, 0.25) is 11.8 Å². The lowest BCUT2D eigenvalue weighted by molar-refractivity contribution is -0.140. The quantitative estimate of drug-likeness (QED) is 0.642. The number of β-amino-alcohol motifs (C(OH)–C–C–N with tert-alkyl or cyclic N) is 1. The molecule has 1 aromatic heterocycles. The summed E-state index contributed by atoms with van der Waals surface area (Å²) < 4.78 is 0. The van der Waals surface area contributed by atoms with E-state index in [2.05, 4.69) is 10.3 Å². The summed E-state index contributed by atoms with van der Waals surface area (Å²) in [7, 11) is 0. The average Bonchev–Trinajstić information content (AvgIpc) is 3.31. The van der Waals surface area contributed by atoms with Crippen LogP contribution in [0.5, 0.6) is 0 Å². The average molecular weight is 472 g/mol. The molecule has 0 bridgehead atoms. The molecule has 0 radical (unpaired) electrons. The second-order valence-corrected chi connectivity index (χ2v) is 10.9. The number of aliphatic hydroxyl groups is 1. The first-order valence-corrected chi connectivity index (χ1v) is 12.1. The van der Waals surface area contributed by atoms with Gasteiger partial charge in [0.1, 0.15) is 11.8 Å². The van der Waals surface area contributed by atoms with E-state index in [1.54, 1.807) is 16.8 Å². The number of aromatic nitrogens is 1. The number of carbonyl (C=O) groups is 3. The molecule has 1 aromatic carbocycles. The van der Waals surface area contributed by atoms with Crippen molar-refractivity contribution >= 4 is 28.9 Å². The number of rotatable bonds is 7. The van der Waals surface area contributed by atoms with Gasteiger partial charge >= 0.3 is 0 Å². The number of aliphatic hydroxyl groups excluding tert-OH is 1. The van der Waals surface area contributed by atoms with Gasteiger partial charge in [-0.25, -0.2) is 4.98 Å². The van der Waals surface area contributed by atoms with Crippen LogP contribution in [0.25, 0.3) is 10.4 Å². The molecule has 3 atom stereocenters. The fourth-order valence-corrected chi connectivity index (χ4v) is 4.96. The molecule has 1 saturated heterocycles. The van der Waals surface area contributed by atoms with E-state index in [4.69, 9.17) is 0 Å². The largest absolute Gasteiger partial charge is 0.391 e. The molecule has 1 aliphatic rings. The van der Waals surface area contributed by atoms with Crippen LogP contribution < -0.4 is 5.32 Å². The zero-order valence-corrected chi connectivity index (χ0v) is 20.7. The highest BCUT2D eigenvalue weighted by atomic mass is 32.1. The van der Waals surface area contributed by atoms with Gasteiger partial charge in [-0.1, -0.05) is 45.0 Å². The minimum atomic E-state index is -0.747. The van der Waals surface area contributed by atoms with Crippen molar-refractivity contribution in [3.8, 4) is 10.4 Å². The summed E-state index contributed by atoms with van der Waals surface area (Å²) >= 11 is 1.57. The molecule has 2 amide bonds. The number of thiazole rings is 1. The Labute approximate surface area is 199 Å². The fourth-order valence-electron chi connectivity index (χ4n) is 4.15. The predicted octanol–water partition coefficient (Wildman–Crippen LogP) is 3.65. The maximum atomic E-state index is 13.2. The van der Waals surface area contributed by atoms with Gasteiger partial charge in [0.05, 0.1) is 28.2 Å². The molecule has 0 saturated carbocycles. The standard InChI is InChI=1S/C25H33N3O4S/c1-15(29)10-20(17-6-8-18(9-7-17)23-16(2)26-14-33-23)27-24(32)21-11-19(30)13-28(21)22(31)12-25(3,4)5/h6-9,14,19-21,30H,10-13H2,1-5H3,(H,27,32)/t19-,20+,21+/m1/s1. The molecule has 1 fully saturated rings. The third kappa shape index (κ3) is 6.48. The molecule has 2 N–H and O–H groups in total. The van der Waals surface area contributed by atoms with Crippen LogP contribution in [0, 0.1) is 12.3 Å². The first-order valence-electron chi connectivity index (χ1n) is 11.2. The normalized spacial score (nSPS) is 19.4. The van der Waals surface area contributed by atoms with Crippen LogP contribution in [-0.4, -0.2) is 51.3 Å². The number of likely N-dealkylation sites (tertiary alicyclic amines) is 1. The van der Waals surface area contributed by atoms with Gasteiger partial charge in [0.15, 0.2) is 0 Å². The smallest absolute Gasteiger partial charge is 0.243 e. The van der Waals surface area contributed by atoms with Gasteiger partial charge in [-0.3, -0.25) is 14.4 Å². The number of hydrogen-bond donors (Lipinski definition) is 2. The van der Waals surface area contributed by atoms with Gasteiger partial charge in [0, 0.05) is 25.8 Å². The number of nitrogens with one attached hydrogen (secondary N) is 1. The number of ketones is 1. The summed E-state index contributed by atoms with van der Waals surface area (Å²) in [6.45, 7) is 9.49. The van der Waals surface area contributed by atoms with E-state index in [0.717, 1.165) is 21.7 Å². The zero-order valence-electron chi connectivity index (χ0n) is 19.9. The first-order chi connectivity index (χ1) is 15.4. The highest BCUT2D eigenvalue weighted by molar-refractivity contribution is 7.13. The Balaban J connectivity index is 1.78. The maximum absolute atomic E-state index is 13.2. The summed E-state index contributed by atoms with van der Waals surface area (Å²) in [5.41, 5.74) is 4.39. The summed E-state index contributed by atoms with van der Waals surface area (Å²) in [4.78, 5) is 44.8. The molecule has 178 valence electrons. The van der Waals surface area contributed by atoms with Crippen LogP contribution in [0.4, 0.5) is 0 Å². The minimum absolute atomic E-state index is 0.0465. The predicted molar refractivity (Wildman–Crippen MR) is 129 cm³/mol. The molecule has 0 aliphatic carbocycles. The number of aryl methyl sites for hydroxylation is 1. The van der Waals surface area contributed by atoms with Crippen LogP contribution in [0.2, 0.25) is 0 Å². The van der Waals surface area contributed by atoms with E-state index < -0.39 is 18.2 Å². The van der Waals surface area contributed by atoms with Crippen molar-refractivity contribution in [2.75, 3.05) is 6.54 Å². The number of carbonyl (C=O) groups excluding carboxylic acids is 3. The van der Waals surface area contributed by atoms with Gasteiger partial charge in [-0.05, 0) is 30.4 Å². The minimum Gasteiger partial charge on any atom is -0.391 e. The van der Waals surface area contributed by atoms with E-state index in [-0.39, 0.29) is 42.4 Å². The van der Waals surface area contributed by atoms with Crippen LogP contribution in [0.1, 0.15) is 64.3 Å². The third-order valence-electron chi connectivity index (χ3n) is 5.71. The zero-order chi connectivity index (χ0) is 24.3. The molecular formula is C25H33N3O4S. The molecule has 0 spiro atoms. The van der Waals surface area contributed by atoms with Crippen molar-refractivity contribution in [2.45, 2.75) is 72.1 Å². The molecule has 2 heterocycles. The van der Waals surface area contributed by atoms with Crippen molar-refractivity contribution in [1.82, 2.24) is 15.2 Å². The molecule has 0 unspecified atom stereocenters. The Kier molecular flexibility index (Phi) is 7.69. The monoisotopic (exact) mass is 471 g/mol. The van der Waals surface area contributed by atoms with Crippen LogP contribution >= 0.6 is 11.3 Å². The molecular weight excluding hydrogens is 438 g/mol. The van der Waals surface area contributed by atoms with Crippen molar-refractivity contribution < 1.29 is 19.5 Å². The molecule has 7 nitrogen and oxygen atoms in total. The van der Waals surface area contributed by atoms with E-state index in [1.807, 2.05) is 52.0 Å². The Morgan fingerprint density at radius 2 is 1.91 bits per heavy atom. The van der Waals surface area contributed by atoms with Crippen LogP contribution in [0.3, 0.4) is 0 Å². The Morgan fingerprint density at radius 3 is 2.45 bits per heavy atom. The molecule has 3 rings (SSSR count). The van der Waals surface area contributed by atoms with Gasteiger partial charge in [-0.2, -0.15) is 0 Å². The highest BCUT2D eigenvalue weighted by Crippen LogP contribution is 2.30. The second kappa shape index (κ2) is 10.1. The highest BCUT2D eigenvalue weighted by Gasteiger charge is 2.40. The maximum Gasteiger partial charge on any atom is 0.243 e. The Morgan fingerprint density at radius 1 is 1.24 bits per heavy atom. The molecule has 2 aromatic rings. The van der Waals surface area contributed by atoms with E-state index in [0.29, 0.717) is 6.42 Å². The van der Waals surface area contributed by atoms with Crippen LogP contribution in [0.15, 0.2) is 29.8 Å². The van der Waals surface area contributed by atoms with Gasteiger partial charge < -0.3 is 15.3 Å². The Hall–Kier alpha value is -2.58. The number of nitrogens with zero attached hydrogens (tertiary/aromatic N) is 2. The summed E-state index contributed by atoms with van der Waals surface area (Å²) in [5.74, 6) is -0.538. The SMILES string of the molecule is CC(=O)C[C@H](NC(=O)[C@@H]1C[C@@H](O)CN1C(=O)CC(C)(C)C)c1ccc(-c2scnc2C)cc1. The summed E-state index contributed by atoms with van der Waals surface area (Å²) in [6.07, 6.45) is -0.106. The topological polar surface area (TPSA) is 99.6 Å². The van der Waals surface area contributed by atoms with Crippen molar-refractivity contribution in [3.05, 3.63) is 41.0 Å². The molecule has 33 heavy (non-hydrogen) atoms. The number of Topliss-reactive ketones (excluding diaryl/α,β-unsaturated/α-hetero) is 1. The van der Waals surface area contributed by atoms with Gasteiger partial charge in [-0.15, -0.1) is 11.3 Å². The van der Waals surface area contributed by atoms with Crippen molar-refractivity contribution in [2.24, 2.45) is 5.41 Å². The van der Waals surface area contributed by atoms with Gasteiger partial charge in [0.25, 0.3) is 0 Å². The van der Waals surface area contributed by atoms with E-state index in [1.165, 1.54) is 11.8 Å². The Bertz CT molecular complexity index is 1010. The third-order valence-corrected chi connectivity index (χ3v) is 6.69. The molecule has 1 aliphatic heterocycles. The number of hydrogen-bond acceptors (Lipinski definition) is 6. The lowest BCUT2D eigenvalue weighted by atomic mass is 9.91. The molecule has 8 heteroatoms. The first kappa shape index (κ1) is 25.1. The number of amides is 2. The van der Waals surface area contributed by atoms with E-state index in [9.17, 15) is 19.5 Å². The van der Waals surface area contributed by atoms with Crippen LogP contribution in [-0.2, 0) is 14.4 Å². The van der Waals surface area contributed by atoms with Crippen molar-refractivity contribution in [3.63, 3.8) is 0 Å². The lowest BCUT2D eigenvalue weighted by Crippen LogP contribution is -2.47. The fraction of sp³-hybridized carbons (Fsp3) is 0.520.